The highest BCUT2D eigenvalue weighted by atomic mass is 19.4. The van der Waals surface area contributed by atoms with Gasteiger partial charge in [-0.3, -0.25) is 14.4 Å². The molecule has 1 amide bonds. The van der Waals surface area contributed by atoms with Gasteiger partial charge in [0.05, 0.1) is 13.0 Å². The lowest BCUT2D eigenvalue weighted by molar-refractivity contribution is -0.274. The van der Waals surface area contributed by atoms with Crippen molar-refractivity contribution in [2.75, 3.05) is 11.4 Å². The molecular weight excluding hydrogens is 487 g/mol. The average Bonchev–Trinajstić information content (AvgIpc) is 2.89. The molecule has 0 aliphatic rings. The highest BCUT2D eigenvalue weighted by Gasteiger charge is 2.31. The van der Waals surface area contributed by atoms with E-state index in [1.165, 1.54) is 17.0 Å². The molecule has 0 unspecified atom stereocenters. The maximum atomic E-state index is 13.4. The molecule has 0 aromatic heterocycles. The van der Waals surface area contributed by atoms with E-state index in [0.29, 0.717) is 12.1 Å². The first kappa shape index (κ1) is 27.4. The molecule has 9 heteroatoms. The largest absolute Gasteiger partial charge is 0.573 e. The quantitative estimate of drug-likeness (QED) is 0.299. The average molecular weight is 514 g/mol. The highest BCUT2D eigenvalue weighted by Crippen LogP contribution is 2.26. The summed E-state index contributed by atoms with van der Waals surface area (Å²) in [5.41, 5.74) is 2.21. The SMILES string of the molecule is CCc1ccccc1N(CC(=O)CCC(=O)OCc1ccccc1)C(=O)c1ccc(OC(F)(F)F)cc1. The number of carbonyl (C=O) groups excluding carboxylic acids is 3. The summed E-state index contributed by atoms with van der Waals surface area (Å²) in [5.74, 6) is -1.94. The van der Waals surface area contributed by atoms with Crippen molar-refractivity contribution in [3.63, 3.8) is 0 Å². The Balaban J connectivity index is 1.70. The van der Waals surface area contributed by atoms with E-state index in [1.807, 2.05) is 43.3 Å². The number of para-hydroxylation sites is 1. The van der Waals surface area contributed by atoms with Gasteiger partial charge >= 0.3 is 12.3 Å². The number of hydrogen-bond acceptors (Lipinski definition) is 5. The van der Waals surface area contributed by atoms with Gasteiger partial charge in [-0.15, -0.1) is 13.2 Å². The minimum atomic E-state index is -4.85. The van der Waals surface area contributed by atoms with E-state index < -0.39 is 24.0 Å². The summed E-state index contributed by atoms with van der Waals surface area (Å²) < 4.78 is 46.5. The van der Waals surface area contributed by atoms with Gasteiger partial charge in [0.15, 0.2) is 5.78 Å². The lowest BCUT2D eigenvalue weighted by atomic mass is 10.1. The molecule has 0 fully saturated rings. The highest BCUT2D eigenvalue weighted by molar-refractivity contribution is 6.09. The molecule has 0 saturated heterocycles. The first-order valence-electron chi connectivity index (χ1n) is 11.6. The predicted molar refractivity (Wildman–Crippen MR) is 131 cm³/mol. The smallest absolute Gasteiger partial charge is 0.461 e. The zero-order valence-corrected chi connectivity index (χ0v) is 20.2. The molecule has 3 aromatic rings. The topological polar surface area (TPSA) is 72.9 Å². The van der Waals surface area contributed by atoms with Crippen LogP contribution in [0.5, 0.6) is 5.75 Å². The number of alkyl halides is 3. The molecule has 0 bridgehead atoms. The van der Waals surface area contributed by atoms with Crippen molar-refractivity contribution in [3.8, 4) is 5.75 Å². The van der Waals surface area contributed by atoms with Crippen LogP contribution in [0.3, 0.4) is 0 Å². The lowest BCUT2D eigenvalue weighted by Gasteiger charge is -2.25. The van der Waals surface area contributed by atoms with Crippen molar-refractivity contribution in [1.29, 1.82) is 0 Å². The second-order valence-electron chi connectivity index (χ2n) is 8.13. The normalized spacial score (nSPS) is 11.0. The zero-order chi connectivity index (χ0) is 26.8. The minimum Gasteiger partial charge on any atom is -0.461 e. The fourth-order valence-electron chi connectivity index (χ4n) is 3.60. The van der Waals surface area contributed by atoms with Gasteiger partial charge in [0.2, 0.25) is 0 Å². The first-order valence-corrected chi connectivity index (χ1v) is 11.6. The first-order chi connectivity index (χ1) is 17.7. The van der Waals surface area contributed by atoms with Crippen LogP contribution in [0.25, 0.3) is 0 Å². The van der Waals surface area contributed by atoms with Crippen LogP contribution in [0, 0.1) is 0 Å². The van der Waals surface area contributed by atoms with E-state index in [1.54, 1.807) is 18.2 Å². The number of ether oxygens (including phenoxy) is 2. The standard InChI is InChI=1S/C28H26F3NO5/c1-2-21-10-6-7-11-25(21)32(27(35)22-12-15-24(16-13-22)37-28(29,30)31)18-23(33)14-17-26(34)36-19-20-8-4-3-5-9-20/h3-13,15-16H,2,14,17-19H2,1H3. The molecule has 0 N–H and O–H groups in total. The second-order valence-corrected chi connectivity index (χ2v) is 8.13. The Kier molecular flexibility index (Phi) is 9.43. The number of rotatable bonds is 11. The second kappa shape index (κ2) is 12.7. The number of hydrogen-bond donors (Lipinski definition) is 0. The van der Waals surface area contributed by atoms with E-state index in [0.717, 1.165) is 23.3 Å². The van der Waals surface area contributed by atoms with Crippen LogP contribution in [0.2, 0.25) is 0 Å². The Morgan fingerprint density at radius 1 is 0.838 bits per heavy atom. The van der Waals surface area contributed by atoms with Gasteiger partial charge in [-0.2, -0.15) is 0 Å². The molecule has 3 rings (SSSR count). The molecule has 0 aliphatic carbocycles. The summed E-state index contributed by atoms with van der Waals surface area (Å²) in [6.07, 6.45) is -4.55. The van der Waals surface area contributed by atoms with Crippen molar-refractivity contribution in [3.05, 3.63) is 95.6 Å². The number of halogens is 3. The summed E-state index contributed by atoms with van der Waals surface area (Å²) in [4.78, 5) is 39.6. The summed E-state index contributed by atoms with van der Waals surface area (Å²) in [7, 11) is 0. The minimum absolute atomic E-state index is 0.0792. The van der Waals surface area contributed by atoms with Gasteiger partial charge < -0.3 is 14.4 Å². The molecule has 0 saturated carbocycles. The molecule has 37 heavy (non-hydrogen) atoms. The van der Waals surface area contributed by atoms with Gasteiger partial charge in [0.25, 0.3) is 5.91 Å². The number of benzene rings is 3. The summed E-state index contributed by atoms with van der Waals surface area (Å²) in [5, 5.41) is 0. The van der Waals surface area contributed by atoms with Crippen molar-refractivity contribution >= 4 is 23.3 Å². The third-order valence-electron chi connectivity index (χ3n) is 5.43. The molecule has 0 heterocycles. The summed E-state index contributed by atoms with van der Waals surface area (Å²) >= 11 is 0. The van der Waals surface area contributed by atoms with E-state index in [9.17, 15) is 27.6 Å². The third-order valence-corrected chi connectivity index (χ3v) is 5.43. The van der Waals surface area contributed by atoms with Crippen LogP contribution in [0.1, 0.15) is 41.3 Å². The third kappa shape index (κ3) is 8.49. The number of amides is 1. The molecule has 194 valence electrons. The Bertz CT molecular complexity index is 1210. The monoisotopic (exact) mass is 513 g/mol. The lowest BCUT2D eigenvalue weighted by Crippen LogP contribution is -2.36. The van der Waals surface area contributed by atoms with Gasteiger partial charge in [-0.05, 0) is 47.9 Å². The van der Waals surface area contributed by atoms with Crippen molar-refractivity contribution in [2.45, 2.75) is 39.2 Å². The van der Waals surface area contributed by atoms with E-state index in [2.05, 4.69) is 4.74 Å². The van der Waals surface area contributed by atoms with Crippen molar-refractivity contribution < 1.29 is 37.0 Å². The van der Waals surface area contributed by atoms with E-state index >= 15 is 0 Å². The molecule has 0 aliphatic heterocycles. The number of Topliss-reactive ketones (excluding diaryl/α,β-unsaturated/α-hetero) is 1. The number of aryl methyl sites for hydroxylation is 1. The van der Waals surface area contributed by atoms with Crippen LogP contribution < -0.4 is 9.64 Å². The number of carbonyl (C=O) groups is 3. The van der Waals surface area contributed by atoms with Crippen molar-refractivity contribution in [1.82, 2.24) is 0 Å². The number of esters is 1. The Morgan fingerprint density at radius 2 is 1.49 bits per heavy atom. The van der Waals surface area contributed by atoms with Crippen molar-refractivity contribution in [2.24, 2.45) is 0 Å². The zero-order valence-electron chi connectivity index (χ0n) is 20.2. The Morgan fingerprint density at radius 3 is 2.14 bits per heavy atom. The van der Waals surface area contributed by atoms with Crippen LogP contribution in [0.15, 0.2) is 78.9 Å². The predicted octanol–water partition coefficient (Wildman–Crippen LogP) is 5.89. The number of nitrogens with zero attached hydrogens (tertiary/aromatic N) is 1. The maximum Gasteiger partial charge on any atom is 0.573 e. The molecule has 0 atom stereocenters. The molecule has 6 nitrogen and oxygen atoms in total. The molecule has 3 aromatic carbocycles. The van der Waals surface area contributed by atoms with E-state index in [4.69, 9.17) is 4.74 Å². The van der Waals surface area contributed by atoms with Gasteiger partial charge in [0.1, 0.15) is 12.4 Å². The van der Waals surface area contributed by atoms with Crippen LogP contribution in [-0.2, 0) is 27.4 Å². The van der Waals surface area contributed by atoms with E-state index in [-0.39, 0.29) is 37.3 Å². The van der Waals surface area contributed by atoms with Crippen LogP contribution in [-0.4, -0.2) is 30.6 Å². The summed E-state index contributed by atoms with van der Waals surface area (Å²) in [6, 6.07) is 20.6. The Hall–Kier alpha value is -4.14. The molecule has 0 radical (unpaired) electrons. The van der Waals surface area contributed by atoms with Gasteiger partial charge in [-0.25, -0.2) is 0 Å². The fraction of sp³-hybridized carbons (Fsp3) is 0.250. The summed E-state index contributed by atoms with van der Waals surface area (Å²) in [6.45, 7) is 1.67. The van der Waals surface area contributed by atoms with Gasteiger partial charge in [0, 0.05) is 17.7 Å². The Labute approximate surface area is 212 Å². The number of ketones is 1. The maximum absolute atomic E-state index is 13.4. The number of anilines is 1. The van der Waals surface area contributed by atoms with Gasteiger partial charge in [-0.1, -0.05) is 55.5 Å². The van der Waals surface area contributed by atoms with Crippen LogP contribution in [0.4, 0.5) is 18.9 Å². The van der Waals surface area contributed by atoms with Crippen LogP contribution >= 0.6 is 0 Å². The molecule has 0 spiro atoms. The molecular formula is C28H26F3NO5. The fourth-order valence-corrected chi connectivity index (χ4v) is 3.60.